The maximum absolute atomic E-state index is 13.0. The molecular weight excluding hydrogens is 407 g/mol. The third-order valence-electron chi connectivity index (χ3n) is 4.52. The molecule has 160 valence electrons. The number of hydrogen-bond donors (Lipinski definition) is 3. The molecule has 5 nitrogen and oxygen atoms in total. The maximum Gasteiger partial charge on any atom is 0.416 e. The predicted molar refractivity (Wildman–Crippen MR) is 113 cm³/mol. The van der Waals surface area contributed by atoms with E-state index in [1.54, 1.807) is 54.6 Å². The largest absolute Gasteiger partial charge is 0.416 e. The monoisotopic (exact) mass is 427 g/mol. The first-order valence-corrected chi connectivity index (χ1v) is 9.39. The fraction of sp³-hybridized carbons (Fsp3) is 0.130. The highest BCUT2D eigenvalue weighted by Gasteiger charge is 2.31. The highest BCUT2D eigenvalue weighted by atomic mass is 19.4. The Balaban J connectivity index is 1.88. The Morgan fingerprint density at radius 3 is 2.19 bits per heavy atom. The fourth-order valence-corrected chi connectivity index (χ4v) is 2.99. The van der Waals surface area contributed by atoms with Crippen molar-refractivity contribution in [1.82, 2.24) is 5.32 Å². The van der Waals surface area contributed by atoms with Crippen molar-refractivity contribution in [3.05, 3.63) is 95.6 Å². The van der Waals surface area contributed by atoms with Crippen LogP contribution in [0.3, 0.4) is 0 Å². The highest BCUT2D eigenvalue weighted by molar-refractivity contribution is 5.98. The molecular formula is C23H20F3N3O2. The molecule has 0 aliphatic rings. The van der Waals surface area contributed by atoms with Crippen molar-refractivity contribution in [2.75, 3.05) is 17.7 Å². The molecule has 0 saturated heterocycles. The second-order valence-corrected chi connectivity index (χ2v) is 6.72. The zero-order valence-electron chi connectivity index (χ0n) is 16.5. The first kappa shape index (κ1) is 21.9. The van der Waals surface area contributed by atoms with Gasteiger partial charge >= 0.3 is 6.18 Å². The van der Waals surface area contributed by atoms with Crippen molar-refractivity contribution in [2.45, 2.75) is 12.2 Å². The zero-order chi connectivity index (χ0) is 22.4. The molecule has 0 aromatic heterocycles. The van der Waals surface area contributed by atoms with Gasteiger partial charge in [-0.3, -0.25) is 9.59 Å². The van der Waals surface area contributed by atoms with Crippen LogP contribution in [0.15, 0.2) is 78.9 Å². The van der Waals surface area contributed by atoms with Gasteiger partial charge in [0.15, 0.2) is 0 Å². The van der Waals surface area contributed by atoms with Crippen LogP contribution in [0.5, 0.6) is 0 Å². The summed E-state index contributed by atoms with van der Waals surface area (Å²) in [6, 6.07) is 18.9. The van der Waals surface area contributed by atoms with Crippen LogP contribution >= 0.6 is 0 Å². The molecule has 3 rings (SSSR count). The zero-order valence-corrected chi connectivity index (χ0v) is 16.5. The molecule has 0 spiro atoms. The average Bonchev–Trinajstić information content (AvgIpc) is 2.77. The van der Waals surface area contributed by atoms with Crippen LogP contribution in [0.4, 0.5) is 24.5 Å². The van der Waals surface area contributed by atoms with Gasteiger partial charge in [0.05, 0.1) is 5.56 Å². The van der Waals surface area contributed by atoms with Crippen molar-refractivity contribution >= 4 is 23.2 Å². The number of anilines is 2. The highest BCUT2D eigenvalue weighted by Crippen LogP contribution is 2.31. The lowest BCUT2D eigenvalue weighted by Crippen LogP contribution is -2.27. The summed E-state index contributed by atoms with van der Waals surface area (Å²) >= 11 is 0. The standard InChI is InChI=1S/C23H20F3N3O2/c1-27-21(30)16-9-5-11-18(13-16)28-20(15-7-3-2-4-8-15)22(31)29-19-12-6-10-17(14-19)23(24,25)26/h2-14,20,28H,1H3,(H,27,30)(H,29,31). The number of alkyl halides is 3. The second kappa shape index (κ2) is 9.34. The molecule has 2 amide bonds. The van der Waals surface area contributed by atoms with Crippen molar-refractivity contribution < 1.29 is 22.8 Å². The Kier molecular flexibility index (Phi) is 6.59. The van der Waals surface area contributed by atoms with Gasteiger partial charge in [-0.05, 0) is 42.0 Å². The van der Waals surface area contributed by atoms with Gasteiger partial charge in [-0.1, -0.05) is 42.5 Å². The Morgan fingerprint density at radius 1 is 0.839 bits per heavy atom. The van der Waals surface area contributed by atoms with E-state index in [2.05, 4.69) is 16.0 Å². The van der Waals surface area contributed by atoms with E-state index in [-0.39, 0.29) is 11.6 Å². The summed E-state index contributed by atoms with van der Waals surface area (Å²) in [5.41, 5.74) is 0.693. The van der Waals surface area contributed by atoms with Crippen LogP contribution in [0.25, 0.3) is 0 Å². The third-order valence-corrected chi connectivity index (χ3v) is 4.52. The molecule has 3 aromatic rings. The SMILES string of the molecule is CNC(=O)c1cccc(NC(C(=O)Nc2cccc(C(F)(F)F)c2)c2ccccc2)c1. The van der Waals surface area contributed by atoms with E-state index in [0.29, 0.717) is 16.8 Å². The molecule has 0 bridgehead atoms. The van der Waals surface area contributed by atoms with Gasteiger partial charge in [0.2, 0.25) is 0 Å². The fourth-order valence-electron chi connectivity index (χ4n) is 2.99. The molecule has 0 heterocycles. The summed E-state index contributed by atoms with van der Waals surface area (Å²) in [5, 5.41) is 8.13. The van der Waals surface area contributed by atoms with E-state index in [0.717, 1.165) is 12.1 Å². The van der Waals surface area contributed by atoms with E-state index in [9.17, 15) is 22.8 Å². The Labute approximate surface area is 177 Å². The smallest absolute Gasteiger partial charge is 0.370 e. The number of carbonyl (C=O) groups excluding carboxylic acids is 2. The molecule has 31 heavy (non-hydrogen) atoms. The minimum Gasteiger partial charge on any atom is -0.370 e. The lowest BCUT2D eigenvalue weighted by molar-refractivity contribution is -0.137. The van der Waals surface area contributed by atoms with E-state index in [4.69, 9.17) is 0 Å². The molecule has 0 saturated carbocycles. The van der Waals surface area contributed by atoms with Crippen LogP contribution in [0.2, 0.25) is 0 Å². The predicted octanol–water partition coefficient (Wildman–Crippen LogP) is 4.86. The topological polar surface area (TPSA) is 70.2 Å². The lowest BCUT2D eigenvalue weighted by Gasteiger charge is -2.21. The summed E-state index contributed by atoms with van der Waals surface area (Å²) in [4.78, 5) is 24.9. The summed E-state index contributed by atoms with van der Waals surface area (Å²) in [6.45, 7) is 0. The van der Waals surface area contributed by atoms with Gasteiger partial charge < -0.3 is 16.0 Å². The summed E-state index contributed by atoms with van der Waals surface area (Å²) < 4.78 is 39.0. The molecule has 3 N–H and O–H groups in total. The number of hydrogen-bond acceptors (Lipinski definition) is 3. The number of halogens is 3. The molecule has 0 fully saturated rings. The van der Waals surface area contributed by atoms with Crippen LogP contribution in [-0.2, 0) is 11.0 Å². The van der Waals surface area contributed by atoms with Gasteiger partial charge in [-0.2, -0.15) is 13.2 Å². The summed E-state index contributed by atoms with van der Waals surface area (Å²) in [6.07, 6.45) is -4.52. The normalized spacial score (nSPS) is 12.0. The third kappa shape index (κ3) is 5.63. The van der Waals surface area contributed by atoms with Crippen LogP contribution in [0.1, 0.15) is 27.5 Å². The molecule has 1 atom stereocenters. The number of amides is 2. The van der Waals surface area contributed by atoms with Crippen LogP contribution in [0, 0.1) is 0 Å². The number of rotatable bonds is 6. The number of benzene rings is 3. The number of carbonyl (C=O) groups is 2. The lowest BCUT2D eigenvalue weighted by atomic mass is 10.0. The minimum absolute atomic E-state index is 0.0293. The quantitative estimate of drug-likeness (QED) is 0.526. The van der Waals surface area contributed by atoms with Gasteiger partial charge in [0.25, 0.3) is 11.8 Å². The van der Waals surface area contributed by atoms with E-state index >= 15 is 0 Å². The van der Waals surface area contributed by atoms with E-state index in [1.807, 2.05) is 0 Å². The summed E-state index contributed by atoms with van der Waals surface area (Å²) in [7, 11) is 1.51. The average molecular weight is 427 g/mol. The Hall–Kier alpha value is -3.81. The second-order valence-electron chi connectivity index (χ2n) is 6.72. The van der Waals surface area contributed by atoms with Crippen LogP contribution < -0.4 is 16.0 Å². The Bertz CT molecular complexity index is 1070. The van der Waals surface area contributed by atoms with Gasteiger partial charge in [0, 0.05) is 24.0 Å². The van der Waals surface area contributed by atoms with Gasteiger partial charge in [0.1, 0.15) is 6.04 Å². The summed E-state index contributed by atoms with van der Waals surface area (Å²) in [5.74, 6) is -0.829. The maximum atomic E-state index is 13.0. The molecule has 8 heteroatoms. The molecule has 0 aliphatic carbocycles. The molecule has 0 radical (unpaired) electrons. The first-order chi connectivity index (χ1) is 14.8. The molecule has 1 unspecified atom stereocenters. The number of nitrogens with one attached hydrogen (secondary N) is 3. The van der Waals surface area contributed by atoms with Gasteiger partial charge in [-0.15, -0.1) is 0 Å². The van der Waals surface area contributed by atoms with Crippen molar-refractivity contribution in [3.63, 3.8) is 0 Å². The van der Waals surface area contributed by atoms with Crippen molar-refractivity contribution in [1.29, 1.82) is 0 Å². The van der Waals surface area contributed by atoms with E-state index in [1.165, 1.54) is 19.2 Å². The molecule has 0 aliphatic heterocycles. The first-order valence-electron chi connectivity index (χ1n) is 9.39. The Morgan fingerprint density at radius 2 is 1.52 bits per heavy atom. The minimum atomic E-state index is -4.52. The molecule has 3 aromatic carbocycles. The van der Waals surface area contributed by atoms with E-state index < -0.39 is 23.7 Å². The van der Waals surface area contributed by atoms with Crippen molar-refractivity contribution in [3.8, 4) is 0 Å². The van der Waals surface area contributed by atoms with Gasteiger partial charge in [-0.25, -0.2) is 0 Å². The van der Waals surface area contributed by atoms with Crippen molar-refractivity contribution in [2.24, 2.45) is 0 Å². The van der Waals surface area contributed by atoms with Crippen LogP contribution in [-0.4, -0.2) is 18.9 Å².